The maximum atomic E-state index is 14.0. The Hall–Kier alpha value is -7.23. The number of anilines is 4. The molecule has 24 nitrogen and oxygen atoms in total. The molecule has 4 aromatic heterocycles. The predicted molar refractivity (Wildman–Crippen MR) is 553 cm³/mol. The van der Waals surface area contributed by atoms with Gasteiger partial charge in [-0.3, -0.25) is 19.2 Å². The average molecular weight is 2020 g/mol. The molecule has 0 spiro atoms. The van der Waals surface area contributed by atoms with Gasteiger partial charge in [-0.25, -0.2) is 19.2 Å². The largest absolute Gasteiger partial charge is 0.477 e. The van der Waals surface area contributed by atoms with Crippen LogP contribution in [0.3, 0.4) is 0 Å². The van der Waals surface area contributed by atoms with Crippen molar-refractivity contribution in [3.8, 4) is 47.4 Å². The van der Waals surface area contributed by atoms with Gasteiger partial charge in [-0.05, 0) is 329 Å². The van der Waals surface area contributed by atoms with Crippen LogP contribution in [-0.4, -0.2) is 191 Å². The normalized spacial score (nSPS) is 26.5. The van der Waals surface area contributed by atoms with Crippen LogP contribution >= 0.6 is 56.9 Å². The van der Waals surface area contributed by atoms with Crippen LogP contribution in [0, 0.1) is 105 Å². The van der Waals surface area contributed by atoms with E-state index in [4.69, 9.17) is 60.0 Å². The molecule has 0 aromatic carbocycles. The summed E-state index contributed by atoms with van der Waals surface area (Å²) < 4.78 is 55.6. The molecule has 4 atom stereocenters. The zero-order valence-electron chi connectivity index (χ0n) is 85.6. The third-order valence-electron chi connectivity index (χ3n) is 27.0. The number of thiophene rings is 4. The number of esters is 2. The Kier molecular flexibility index (Phi) is 44.7. The molecule has 139 heavy (non-hydrogen) atoms. The number of Topliss-reactive ketones (excluding diaryl/α,β-unsaturated/α-hetero) is 1. The lowest BCUT2D eigenvalue weighted by Gasteiger charge is -2.39. The van der Waals surface area contributed by atoms with Gasteiger partial charge in [-0.1, -0.05) is 68.1 Å². The monoisotopic (exact) mass is 2020 g/mol. The first-order valence-corrected chi connectivity index (χ1v) is 54.7. The molecule has 768 valence electrons. The number of carbonyl (C=O) groups excluding carboxylic acids is 6. The maximum absolute atomic E-state index is 14.0. The quantitative estimate of drug-likeness (QED) is 0.0342. The molecule has 7 saturated carbocycles. The molecule has 11 fully saturated rings. The minimum absolute atomic E-state index is 0.0207. The van der Waals surface area contributed by atoms with E-state index in [1.54, 1.807) is 6.07 Å². The predicted octanol–water partition coefficient (Wildman–Crippen LogP) is 23.1. The molecule has 4 saturated heterocycles. The minimum atomic E-state index is -0.993. The molecule has 4 aromatic rings. The molecular weight excluding hydrogens is 1860 g/mol. The number of carbonyl (C=O) groups is 8. The molecule has 11 aliphatic rings. The van der Waals surface area contributed by atoms with Crippen molar-refractivity contribution >= 4 is 126 Å². The number of halogens is 1. The molecule has 5 N–H and O–H groups in total. The van der Waals surface area contributed by atoms with E-state index in [-0.39, 0.29) is 115 Å². The third-order valence-corrected chi connectivity index (χ3v) is 31.4. The number of nitrogens with zero attached hydrogens (tertiary/aromatic N) is 2. The number of nitrogens with one attached hydrogen (secondary N) is 1. The first-order valence-electron chi connectivity index (χ1n) is 51.1. The van der Waals surface area contributed by atoms with Crippen molar-refractivity contribution in [1.29, 1.82) is 0 Å². The fraction of sp³-hybridized carbons (Fsp3) is 0.709. The van der Waals surface area contributed by atoms with Gasteiger partial charge >= 0.3 is 23.9 Å². The number of amides is 2. The van der Waals surface area contributed by atoms with E-state index in [2.05, 4.69) is 99.0 Å². The van der Waals surface area contributed by atoms with Gasteiger partial charge in [0.05, 0.1) is 132 Å². The van der Waals surface area contributed by atoms with Crippen molar-refractivity contribution in [1.82, 2.24) is 0 Å². The van der Waals surface area contributed by atoms with Gasteiger partial charge in [0.25, 0.3) is 0 Å². The lowest BCUT2D eigenvalue weighted by Crippen LogP contribution is -2.47. The van der Waals surface area contributed by atoms with Crippen LogP contribution in [0.4, 0.5) is 22.7 Å². The molecule has 2 amide bonds. The highest BCUT2D eigenvalue weighted by Crippen LogP contribution is 2.44. The number of aromatic carboxylic acids is 2. The highest BCUT2D eigenvalue weighted by Gasteiger charge is 2.42. The molecule has 0 radical (unpaired) electrons. The summed E-state index contributed by atoms with van der Waals surface area (Å²) >= 11 is 10.4. The van der Waals surface area contributed by atoms with Gasteiger partial charge in [-0.15, -0.1) is 45.3 Å². The summed E-state index contributed by atoms with van der Waals surface area (Å²) in [7, 11) is 2.75. The SMILES string of the molecule is CC1CCC(C(=O)Cl)CC1.CC1CCC(C(=O)N(c2cc(C#CC(C)(C)C)sc2C(=O)O)C2CCC(O[C@H]3CCOC3)CC2)CC1.CC1CCC(C(=O)N(c2cc(C#CC(C)(C)C)sc2C(=O)O)C2CCC(O[C@H]3CCOC3)CC2)CC1.COC(=O)c1sc(C#CC(C)(C)C)cc1N.COC(=O)c1sc(C#CC(C)(C)C)cc1NC1CCC(O[C@H]2CCOC2)CC1.O=C1CCC(O[C@H]2CCOC2)CC1. The molecule has 8 heterocycles. The zero-order valence-corrected chi connectivity index (χ0v) is 89.7. The molecule has 0 unspecified atom stereocenters. The van der Waals surface area contributed by atoms with Crippen LogP contribution in [0.25, 0.3) is 0 Å². The fourth-order valence-electron chi connectivity index (χ4n) is 19.0. The second kappa shape index (κ2) is 54.6. The van der Waals surface area contributed by atoms with Crippen LogP contribution in [0.1, 0.15) is 368 Å². The van der Waals surface area contributed by atoms with E-state index >= 15 is 0 Å². The van der Waals surface area contributed by atoms with E-state index in [1.807, 2.05) is 90.3 Å². The number of carboxylic acid groups (broad SMARTS) is 2. The fourth-order valence-corrected chi connectivity index (χ4v) is 22.7. The number of rotatable bonds is 21. The first-order chi connectivity index (χ1) is 65.9. The first kappa shape index (κ1) is 114. The van der Waals surface area contributed by atoms with Gasteiger partial charge in [-0.2, -0.15) is 0 Å². The third kappa shape index (κ3) is 38.0. The van der Waals surface area contributed by atoms with Gasteiger partial charge in [0.15, 0.2) is 0 Å². The molecule has 4 aliphatic heterocycles. The van der Waals surface area contributed by atoms with E-state index in [1.165, 1.54) is 72.4 Å². The lowest BCUT2D eigenvalue weighted by molar-refractivity contribution is -0.125. The Bertz CT molecular complexity index is 4730. The van der Waals surface area contributed by atoms with Crippen molar-refractivity contribution in [2.24, 2.45) is 57.2 Å². The van der Waals surface area contributed by atoms with Crippen LogP contribution in [0.2, 0.25) is 0 Å². The van der Waals surface area contributed by atoms with E-state index < -0.39 is 17.9 Å². The van der Waals surface area contributed by atoms with Crippen LogP contribution in [0.5, 0.6) is 0 Å². The highest BCUT2D eigenvalue weighted by atomic mass is 35.5. The van der Waals surface area contributed by atoms with Crippen LogP contribution in [-0.2, 0) is 66.5 Å². The number of hydrogen-bond donors (Lipinski definition) is 4. The maximum Gasteiger partial charge on any atom is 0.350 e. The number of hydrogen-bond acceptors (Lipinski definition) is 24. The van der Waals surface area contributed by atoms with Crippen molar-refractivity contribution in [2.75, 3.05) is 87.9 Å². The van der Waals surface area contributed by atoms with E-state index in [0.29, 0.717) is 105 Å². The van der Waals surface area contributed by atoms with Gasteiger partial charge < -0.3 is 78.4 Å². The highest BCUT2D eigenvalue weighted by molar-refractivity contribution is 7.16. The second-order valence-electron chi connectivity index (χ2n) is 43.8. The Labute approximate surface area is 848 Å². The molecule has 15 rings (SSSR count). The lowest BCUT2D eigenvalue weighted by atomic mass is 9.81. The number of methoxy groups -OCH3 is 2. The number of ether oxygens (including phenoxy) is 10. The molecule has 29 heteroatoms. The van der Waals surface area contributed by atoms with Crippen LogP contribution in [0.15, 0.2) is 24.3 Å². The number of ketones is 1. The van der Waals surface area contributed by atoms with Crippen molar-refractivity contribution < 1.29 is 95.9 Å². The summed E-state index contributed by atoms with van der Waals surface area (Å²) in [6, 6.07) is 7.66. The van der Waals surface area contributed by atoms with Crippen molar-refractivity contribution in [3.63, 3.8) is 0 Å². The van der Waals surface area contributed by atoms with Gasteiger partial charge in [0.2, 0.25) is 17.1 Å². The van der Waals surface area contributed by atoms with Crippen LogP contribution < -0.4 is 20.9 Å². The molecular formula is C110H157ClN4O20S4. The zero-order chi connectivity index (χ0) is 101. The topological polar surface area (TPSA) is 314 Å². The molecule has 7 aliphatic carbocycles. The summed E-state index contributed by atoms with van der Waals surface area (Å²) in [5, 5.41) is 23.6. The number of carboxylic acids is 2. The summed E-state index contributed by atoms with van der Waals surface area (Å²) in [6.45, 7) is 37.2. The summed E-state index contributed by atoms with van der Waals surface area (Å²) in [5.74, 6) is 25.3. The van der Waals surface area contributed by atoms with Crippen molar-refractivity contribution in [3.05, 3.63) is 63.3 Å². The van der Waals surface area contributed by atoms with E-state index in [9.17, 15) is 48.6 Å². The van der Waals surface area contributed by atoms with Crippen molar-refractivity contribution in [2.45, 2.75) is 376 Å². The Balaban J connectivity index is 0.000000181. The Morgan fingerprint density at radius 1 is 0.388 bits per heavy atom. The average Bonchev–Trinajstić information content (AvgIpc) is 1.71. The summed E-state index contributed by atoms with van der Waals surface area (Å²) in [4.78, 5) is 106. The minimum Gasteiger partial charge on any atom is -0.477 e. The van der Waals surface area contributed by atoms with Gasteiger partial charge in [0.1, 0.15) is 25.3 Å². The number of nitrogen functional groups attached to an aromatic ring is 1. The van der Waals surface area contributed by atoms with E-state index in [0.717, 1.165) is 241 Å². The summed E-state index contributed by atoms with van der Waals surface area (Å²) in [6.07, 6.45) is 31.9. The summed E-state index contributed by atoms with van der Waals surface area (Å²) in [5.41, 5.74) is 7.50. The number of nitrogens with two attached hydrogens (primary N) is 1. The Morgan fingerprint density at radius 2 is 0.683 bits per heavy atom. The standard InChI is InChI=1S/2C29H41NO5S.C22H31NO4S.C12H15NO2S.C10H16O3.C8H13ClO/c2*1-19-5-7-20(8-6-19)27(31)30(21-9-11-22(12-10-21)35-23-14-16-34-18-23)25-17-24(13-15-29(2,3)4)36-26(25)28(32)33;1-22(2,3)11-9-18-13-19(20(28-18)21(24)25-4)23-15-5-7-16(8-6-15)27-17-10-12-26-14-17;1-12(2,3)6-5-8-7-9(13)10(16-8)11(14)15-4;11-8-1-3-9(4-2-8)13-10-5-6-12-7-10;1-6-2-4-7(5-3-6)8(9)10/h2*17,19-23H,5-12,14,16,18H2,1-4H3,(H,32,33);13,15-17,23H,5-8,10,12,14H2,1-4H3;7H,13H2,1-4H3;9-10H,1-7H2;6-7H,2-5H2,1H3/t2*19?,20?,21?,22?,23-;15?,16?,17-;;10-;/m000.0./s1. The Morgan fingerprint density at radius 3 is 0.993 bits per heavy atom. The molecule has 0 bridgehead atoms. The van der Waals surface area contributed by atoms with Gasteiger partial charge in [0, 0.05) is 96.8 Å². The second-order valence-corrected chi connectivity index (χ2v) is 48.4. The smallest absolute Gasteiger partial charge is 0.350 e.